The first-order valence-electron chi connectivity index (χ1n) is 7.45. The Morgan fingerprint density at radius 2 is 1.92 bits per heavy atom. The molecule has 0 radical (unpaired) electrons. The van der Waals surface area contributed by atoms with Crippen LogP contribution in [0.2, 0.25) is 0 Å². The molecule has 0 amide bonds. The van der Waals surface area contributed by atoms with Gasteiger partial charge in [-0.2, -0.15) is 0 Å². The Kier molecular flexibility index (Phi) is 5.15. The fourth-order valence-electron chi connectivity index (χ4n) is 2.31. The predicted octanol–water partition coefficient (Wildman–Crippen LogP) is 3.81. The van der Waals surface area contributed by atoms with E-state index in [1.165, 1.54) is 0 Å². The number of benzene rings is 2. The summed E-state index contributed by atoms with van der Waals surface area (Å²) in [5.74, 6) is 0.419. The third kappa shape index (κ3) is 3.94. The molecular formula is C18H16BrNO4. The Labute approximate surface area is 148 Å². The predicted molar refractivity (Wildman–Crippen MR) is 93.4 cm³/mol. The van der Waals surface area contributed by atoms with Crippen molar-refractivity contribution in [1.82, 2.24) is 0 Å². The molecule has 1 unspecified atom stereocenters. The Morgan fingerprint density at radius 1 is 1.21 bits per heavy atom. The third-order valence-corrected chi connectivity index (χ3v) is 4.17. The molecule has 6 heteroatoms. The van der Waals surface area contributed by atoms with Gasteiger partial charge in [0.05, 0.1) is 18.4 Å². The molecule has 1 aliphatic heterocycles. The number of methoxy groups -OCH3 is 1. The lowest BCUT2D eigenvalue weighted by molar-refractivity contribution is 0.00686. The van der Waals surface area contributed by atoms with Crippen molar-refractivity contribution in [3.05, 3.63) is 64.1 Å². The summed E-state index contributed by atoms with van der Waals surface area (Å²) in [6.45, 7) is 0.165. The van der Waals surface area contributed by atoms with E-state index in [9.17, 15) is 4.79 Å². The van der Waals surface area contributed by atoms with Crippen LogP contribution in [0, 0.1) is 0 Å². The second kappa shape index (κ2) is 7.49. The summed E-state index contributed by atoms with van der Waals surface area (Å²) in [6, 6.07) is 14.6. The van der Waals surface area contributed by atoms with Gasteiger partial charge in [-0.05, 0) is 54.1 Å². The largest absolute Gasteiger partial charge is 0.497 e. The molecule has 1 heterocycles. The number of rotatable bonds is 5. The van der Waals surface area contributed by atoms with Crippen LogP contribution >= 0.6 is 15.9 Å². The van der Waals surface area contributed by atoms with Crippen LogP contribution in [-0.2, 0) is 9.57 Å². The minimum Gasteiger partial charge on any atom is -0.497 e. The van der Waals surface area contributed by atoms with Gasteiger partial charge in [0.2, 0.25) is 0 Å². The van der Waals surface area contributed by atoms with Crippen molar-refractivity contribution in [2.24, 2.45) is 5.16 Å². The summed E-state index contributed by atoms with van der Waals surface area (Å²) in [4.78, 5) is 17.3. The van der Waals surface area contributed by atoms with Gasteiger partial charge in [-0.15, -0.1) is 0 Å². The Hall–Kier alpha value is -2.34. The molecule has 24 heavy (non-hydrogen) atoms. The van der Waals surface area contributed by atoms with E-state index in [2.05, 4.69) is 21.1 Å². The van der Waals surface area contributed by atoms with E-state index in [0.29, 0.717) is 12.0 Å². The summed E-state index contributed by atoms with van der Waals surface area (Å²) in [7, 11) is 1.63. The average Bonchev–Trinajstić information content (AvgIpc) is 3.09. The maximum Gasteiger partial charge on any atom is 0.338 e. The highest BCUT2D eigenvalue weighted by Gasteiger charge is 2.24. The molecule has 3 rings (SSSR count). The molecule has 0 aliphatic carbocycles. The lowest BCUT2D eigenvalue weighted by atomic mass is 10.1. The van der Waals surface area contributed by atoms with Crippen LogP contribution in [0.5, 0.6) is 5.75 Å². The number of nitrogens with zero attached hydrogens (tertiary/aromatic N) is 1. The lowest BCUT2D eigenvalue weighted by Gasteiger charge is -2.09. The van der Waals surface area contributed by atoms with Gasteiger partial charge in [0.25, 0.3) is 0 Å². The zero-order chi connectivity index (χ0) is 16.9. The minimum atomic E-state index is -0.371. The summed E-state index contributed by atoms with van der Waals surface area (Å²) in [6.07, 6.45) is 0.335. The molecular weight excluding hydrogens is 374 g/mol. The molecule has 1 aliphatic rings. The van der Waals surface area contributed by atoms with Gasteiger partial charge in [0, 0.05) is 10.9 Å². The second-order valence-corrected chi connectivity index (χ2v) is 6.22. The molecule has 0 spiro atoms. The highest BCUT2D eigenvalue weighted by atomic mass is 79.9. The summed E-state index contributed by atoms with van der Waals surface area (Å²) >= 11 is 3.33. The first-order valence-corrected chi connectivity index (χ1v) is 8.25. The topological polar surface area (TPSA) is 57.1 Å². The molecule has 2 aromatic rings. The van der Waals surface area contributed by atoms with E-state index < -0.39 is 0 Å². The van der Waals surface area contributed by atoms with Crippen LogP contribution < -0.4 is 4.74 Å². The Balaban J connectivity index is 1.51. The van der Waals surface area contributed by atoms with Crippen LogP contribution in [-0.4, -0.2) is 31.5 Å². The van der Waals surface area contributed by atoms with Crippen LogP contribution in [0.15, 0.2) is 58.2 Å². The van der Waals surface area contributed by atoms with Gasteiger partial charge < -0.3 is 14.3 Å². The maximum atomic E-state index is 12.0. The zero-order valence-electron chi connectivity index (χ0n) is 13.1. The van der Waals surface area contributed by atoms with Crippen molar-refractivity contribution in [2.75, 3.05) is 13.7 Å². The van der Waals surface area contributed by atoms with Crippen LogP contribution in [0.4, 0.5) is 0 Å². The molecule has 0 fully saturated rings. The van der Waals surface area contributed by atoms with E-state index >= 15 is 0 Å². The smallest absolute Gasteiger partial charge is 0.338 e. The number of ether oxygens (including phenoxy) is 2. The van der Waals surface area contributed by atoms with Crippen molar-refractivity contribution in [3.63, 3.8) is 0 Å². The number of hydrogen-bond acceptors (Lipinski definition) is 5. The van der Waals surface area contributed by atoms with Gasteiger partial charge in [0.1, 0.15) is 12.4 Å². The quantitative estimate of drug-likeness (QED) is 0.729. The SMILES string of the molecule is COc1ccc(C2=NOC(COC(=O)c3ccc(Br)cc3)C2)cc1. The van der Waals surface area contributed by atoms with E-state index in [1.807, 2.05) is 24.3 Å². The van der Waals surface area contributed by atoms with E-state index in [-0.39, 0.29) is 18.7 Å². The average molecular weight is 390 g/mol. The molecule has 0 bridgehead atoms. The molecule has 0 saturated heterocycles. The maximum absolute atomic E-state index is 12.0. The first kappa shape index (κ1) is 16.5. The minimum absolute atomic E-state index is 0.165. The van der Waals surface area contributed by atoms with Crippen molar-refractivity contribution in [3.8, 4) is 5.75 Å². The number of esters is 1. The molecule has 0 N–H and O–H groups in total. The monoisotopic (exact) mass is 389 g/mol. The van der Waals surface area contributed by atoms with Crippen molar-refractivity contribution >= 4 is 27.6 Å². The number of oxime groups is 1. The van der Waals surface area contributed by atoms with Gasteiger partial charge in [-0.3, -0.25) is 0 Å². The van der Waals surface area contributed by atoms with Crippen molar-refractivity contribution in [2.45, 2.75) is 12.5 Å². The van der Waals surface area contributed by atoms with Crippen LogP contribution in [0.1, 0.15) is 22.3 Å². The van der Waals surface area contributed by atoms with Gasteiger partial charge in [-0.25, -0.2) is 4.79 Å². The van der Waals surface area contributed by atoms with Crippen molar-refractivity contribution < 1.29 is 19.1 Å². The van der Waals surface area contributed by atoms with Gasteiger partial charge in [-0.1, -0.05) is 21.1 Å². The number of halogens is 1. The van der Waals surface area contributed by atoms with E-state index in [0.717, 1.165) is 21.5 Å². The van der Waals surface area contributed by atoms with Gasteiger partial charge in [0.15, 0.2) is 6.10 Å². The highest BCUT2D eigenvalue weighted by molar-refractivity contribution is 9.10. The summed E-state index contributed by atoms with van der Waals surface area (Å²) < 4.78 is 11.3. The van der Waals surface area contributed by atoms with E-state index in [1.54, 1.807) is 31.4 Å². The Morgan fingerprint density at radius 3 is 2.58 bits per heavy atom. The van der Waals surface area contributed by atoms with Crippen LogP contribution in [0.25, 0.3) is 0 Å². The summed E-state index contributed by atoms with van der Waals surface area (Å²) in [5, 5.41) is 4.08. The number of hydrogen-bond donors (Lipinski definition) is 0. The lowest BCUT2D eigenvalue weighted by Crippen LogP contribution is -2.19. The molecule has 1 atom stereocenters. The number of carbonyl (C=O) groups is 1. The first-order chi connectivity index (χ1) is 11.7. The standard InChI is InChI=1S/C18H16BrNO4/c1-22-15-8-4-12(5-9-15)17-10-16(24-20-17)11-23-18(21)13-2-6-14(19)7-3-13/h2-9,16H,10-11H2,1H3. The fourth-order valence-corrected chi connectivity index (χ4v) is 2.57. The van der Waals surface area contributed by atoms with Crippen molar-refractivity contribution in [1.29, 1.82) is 0 Å². The summed E-state index contributed by atoms with van der Waals surface area (Å²) in [5.41, 5.74) is 2.31. The normalized spacial score (nSPS) is 16.2. The molecule has 5 nitrogen and oxygen atoms in total. The second-order valence-electron chi connectivity index (χ2n) is 5.30. The molecule has 0 saturated carbocycles. The highest BCUT2D eigenvalue weighted by Crippen LogP contribution is 2.20. The third-order valence-electron chi connectivity index (χ3n) is 3.64. The Bertz CT molecular complexity index is 741. The molecule has 124 valence electrons. The van der Waals surface area contributed by atoms with Gasteiger partial charge >= 0.3 is 5.97 Å². The van der Waals surface area contributed by atoms with E-state index in [4.69, 9.17) is 14.3 Å². The fraction of sp³-hybridized carbons (Fsp3) is 0.222. The molecule has 2 aromatic carbocycles. The molecule has 0 aromatic heterocycles. The zero-order valence-corrected chi connectivity index (χ0v) is 14.7. The number of carbonyl (C=O) groups excluding carboxylic acids is 1. The van der Waals surface area contributed by atoms with Crippen LogP contribution in [0.3, 0.4) is 0 Å².